The third-order valence-electron chi connectivity index (χ3n) is 8.12. The van der Waals surface area contributed by atoms with Crippen molar-refractivity contribution in [1.29, 1.82) is 0 Å². The highest BCUT2D eigenvalue weighted by Crippen LogP contribution is 2.30. The number of aryl methyl sites for hydroxylation is 1. The van der Waals surface area contributed by atoms with Gasteiger partial charge < -0.3 is 19.5 Å². The van der Waals surface area contributed by atoms with Gasteiger partial charge in [0.05, 0.1) is 7.11 Å². The van der Waals surface area contributed by atoms with Crippen LogP contribution in [0, 0.1) is 6.92 Å². The third-order valence-corrected chi connectivity index (χ3v) is 10.1. The lowest BCUT2D eigenvalue weighted by atomic mass is 9.99. The molecule has 0 aliphatic carbocycles. The van der Waals surface area contributed by atoms with Crippen LogP contribution in [0.5, 0.6) is 0 Å². The van der Waals surface area contributed by atoms with Crippen molar-refractivity contribution in [3.8, 4) is 0 Å². The Morgan fingerprint density at radius 2 is 0.867 bits per heavy atom. The number of hydrogen-bond acceptors (Lipinski definition) is 5. The van der Waals surface area contributed by atoms with E-state index < -0.39 is 25.5 Å². The summed E-state index contributed by atoms with van der Waals surface area (Å²) in [4.78, 5) is 22.0. The lowest BCUT2D eigenvalue weighted by Crippen LogP contribution is -2.12. The van der Waals surface area contributed by atoms with Crippen LogP contribution >= 0.6 is 34.8 Å². The number of amides is 2. The summed E-state index contributed by atoms with van der Waals surface area (Å²) in [6.45, 7) is 20.1. The van der Waals surface area contributed by atoms with E-state index in [2.05, 4.69) is 91.1 Å². The van der Waals surface area contributed by atoms with Gasteiger partial charge in [-0.25, -0.2) is 13.2 Å². The normalized spacial score (nSPS) is 12.5. The van der Waals surface area contributed by atoms with E-state index in [1.54, 1.807) is 36.8 Å². The Labute approximate surface area is 377 Å². The molecule has 2 atom stereocenters. The number of ether oxygens (including phenoxy) is 1. The molecule has 4 aromatic carbocycles. The number of rotatable bonds is 10. The molecule has 14 heteroatoms. The first-order valence-corrected chi connectivity index (χ1v) is 24.4. The van der Waals surface area contributed by atoms with Crippen LogP contribution in [0.2, 0.25) is 15.1 Å². The lowest BCUT2D eigenvalue weighted by Gasteiger charge is -2.16. The zero-order valence-corrected chi connectivity index (χ0v) is 40.5. The van der Waals surface area contributed by atoms with Crippen molar-refractivity contribution in [2.45, 2.75) is 100 Å². The summed E-state index contributed by atoms with van der Waals surface area (Å²) in [5, 5.41) is 7.48. The van der Waals surface area contributed by atoms with Crippen molar-refractivity contribution in [3.63, 3.8) is 0 Å². The minimum atomic E-state index is -2.24. The molecule has 4 aromatic rings. The van der Waals surface area contributed by atoms with Gasteiger partial charge in [-0.1, -0.05) is 115 Å². The first-order valence-electron chi connectivity index (χ1n) is 18.9. The van der Waals surface area contributed by atoms with Gasteiger partial charge in [-0.2, -0.15) is 0 Å². The summed E-state index contributed by atoms with van der Waals surface area (Å²) in [6, 6.07) is 22.5. The maximum Gasteiger partial charge on any atom is 0.411 e. The van der Waals surface area contributed by atoms with Gasteiger partial charge in [-0.3, -0.25) is 10.1 Å². The fourth-order valence-corrected chi connectivity index (χ4v) is 7.27. The smallest absolute Gasteiger partial charge is 0.411 e. The SMILES string of the molecule is C.C=S(C)(=O)Nc1ccc(C)cc1C(C)C.C=S(C)(=O)Nc1ccc(Cl)cc1C(C)C.CC(=O)Nc1ccc(Cl)cc1C(C)C.COC(=O)Nc1ccc(Cl)cc1C(C)C. The molecule has 9 nitrogen and oxygen atoms in total. The molecule has 2 amide bonds. The second-order valence-electron chi connectivity index (χ2n) is 15.4. The van der Waals surface area contributed by atoms with Crippen LogP contribution in [0.1, 0.15) is 121 Å². The highest BCUT2D eigenvalue weighted by molar-refractivity contribution is 8.01. The number of benzene rings is 4. The summed E-state index contributed by atoms with van der Waals surface area (Å²) in [6.07, 6.45) is 2.71. The van der Waals surface area contributed by atoms with Crippen molar-refractivity contribution in [2.24, 2.45) is 0 Å². The second kappa shape index (κ2) is 25.8. The molecule has 4 N–H and O–H groups in total. The first-order chi connectivity index (χ1) is 27.1. The van der Waals surface area contributed by atoms with Crippen molar-refractivity contribution in [3.05, 3.63) is 116 Å². The number of hydrogen-bond donors (Lipinski definition) is 4. The fourth-order valence-electron chi connectivity index (χ4n) is 5.42. The summed E-state index contributed by atoms with van der Waals surface area (Å²) >= 11 is 17.7. The molecule has 0 spiro atoms. The maximum absolute atomic E-state index is 11.6. The van der Waals surface area contributed by atoms with Crippen LogP contribution in [-0.4, -0.2) is 51.8 Å². The van der Waals surface area contributed by atoms with Gasteiger partial charge in [-0.05, 0) is 125 Å². The molecule has 2 unspecified atom stereocenters. The molecule has 0 aromatic heterocycles. The molecule has 0 aliphatic heterocycles. The standard InChI is InChI=1S/C12H19NOS.C11H14ClNO2.C11H16ClNOS.C11H14ClNO.CH4/c1-9(2)11-8-10(3)6-7-12(11)13-15(4,5)14;1-7(2)9-6-8(12)4-5-10(9)13-11(14)15-3;1-8(2)10-7-9(12)5-6-11(10)13-15(3,4)14;1-7(2)10-6-9(12)4-5-11(10)13-8(3)14;/h6-9H,4H2,1-3,5H3,(H,13,14);4-7H,1-3H3,(H,13,14);5-8H,3H2,1-2,4H3,(H,13,14);4-7H,1-3H3,(H,13,14);1H4. The summed E-state index contributed by atoms with van der Waals surface area (Å²) < 4.78 is 33.6. The molecule has 0 saturated heterocycles. The molecule has 0 radical (unpaired) electrons. The number of nitrogens with one attached hydrogen (secondary N) is 4. The predicted octanol–water partition coefficient (Wildman–Crippen LogP) is 13.6. The van der Waals surface area contributed by atoms with Crippen LogP contribution < -0.4 is 20.1 Å². The summed E-state index contributed by atoms with van der Waals surface area (Å²) in [5.41, 5.74) is 8.87. The zero-order valence-electron chi connectivity index (χ0n) is 36.6. The Morgan fingerprint density at radius 1 is 0.567 bits per heavy atom. The van der Waals surface area contributed by atoms with Crippen LogP contribution in [0.3, 0.4) is 0 Å². The van der Waals surface area contributed by atoms with Gasteiger partial charge in [0.2, 0.25) is 5.91 Å². The fraction of sp³-hybridized carbons (Fsp3) is 0.391. The minimum Gasteiger partial charge on any atom is -0.453 e. The van der Waals surface area contributed by atoms with Gasteiger partial charge in [0.25, 0.3) is 0 Å². The third kappa shape index (κ3) is 21.6. The number of halogens is 3. The van der Waals surface area contributed by atoms with Crippen LogP contribution in [0.4, 0.5) is 27.5 Å². The van der Waals surface area contributed by atoms with Gasteiger partial charge in [0.1, 0.15) is 0 Å². The lowest BCUT2D eigenvalue weighted by molar-refractivity contribution is -0.114. The predicted molar refractivity (Wildman–Crippen MR) is 269 cm³/mol. The van der Waals surface area contributed by atoms with Crippen molar-refractivity contribution < 1.29 is 22.7 Å². The van der Waals surface area contributed by atoms with Gasteiger partial charge in [0, 0.05) is 76.7 Å². The largest absolute Gasteiger partial charge is 0.453 e. The highest BCUT2D eigenvalue weighted by Gasteiger charge is 2.12. The minimum absolute atomic E-state index is 0. The molecule has 334 valence electrons. The molecular formula is C46H67Cl3N4O5S2. The molecule has 0 fully saturated rings. The average Bonchev–Trinajstić information content (AvgIpc) is 3.10. The second-order valence-corrected chi connectivity index (χ2v) is 21.2. The van der Waals surface area contributed by atoms with E-state index in [1.807, 2.05) is 56.3 Å². The van der Waals surface area contributed by atoms with E-state index in [-0.39, 0.29) is 19.3 Å². The van der Waals surface area contributed by atoms with Crippen LogP contribution in [0.15, 0.2) is 72.8 Å². The van der Waals surface area contributed by atoms with Crippen molar-refractivity contribution >= 4 is 101 Å². The number of methoxy groups -OCH3 is 1. The van der Waals surface area contributed by atoms with E-state index in [1.165, 1.54) is 25.2 Å². The zero-order chi connectivity index (χ0) is 45.4. The van der Waals surface area contributed by atoms with Crippen molar-refractivity contribution in [1.82, 2.24) is 0 Å². The topological polar surface area (TPSA) is 126 Å². The summed E-state index contributed by atoms with van der Waals surface area (Å²) in [5.74, 6) is 8.49. The van der Waals surface area contributed by atoms with Gasteiger partial charge >= 0.3 is 6.09 Å². The quantitative estimate of drug-likeness (QED) is 0.118. The molecule has 0 heterocycles. The molecular weight excluding hydrogens is 859 g/mol. The molecule has 60 heavy (non-hydrogen) atoms. The van der Waals surface area contributed by atoms with Gasteiger partial charge in [-0.15, -0.1) is 0 Å². The van der Waals surface area contributed by atoms with E-state index in [9.17, 15) is 18.0 Å². The highest BCUT2D eigenvalue weighted by atomic mass is 35.5. The Kier molecular flexibility index (Phi) is 24.1. The van der Waals surface area contributed by atoms with E-state index >= 15 is 0 Å². The Bertz CT molecular complexity index is 2150. The molecule has 0 saturated carbocycles. The number of carbonyl (C=O) groups excluding carboxylic acids is 2. The Balaban J connectivity index is 0.000000770. The Morgan fingerprint density at radius 3 is 1.18 bits per heavy atom. The van der Waals surface area contributed by atoms with Crippen LogP contribution in [-0.2, 0) is 28.9 Å². The van der Waals surface area contributed by atoms with E-state index in [0.717, 1.165) is 39.4 Å². The molecule has 0 aliphatic rings. The van der Waals surface area contributed by atoms with E-state index in [4.69, 9.17) is 34.8 Å². The number of anilines is 4. The molecule has 0 bridgehead atoms. The maximum atomic E-state index is 11.6. The average molecular weight is 927 g/mol. The van der Waals surface area contributed by atoms with E-state index in [0.29, 0.717) is 32.8 Å². The van der Waals surface area contributed by atoms with Crippen molar-refractivity contribution in [2.75, 3.05) is 39.7 Å². The Hall–Kier alpha value is -3.87. The summed E-state index contributed by atoms with van der Waals surface area (Å²) in [7, 11) is -3.10. The van der Waals surface area contributed by atoms with Crippen LogP contribution in [0.25, 0.3) is 0 Å². The number of carbonyl (C=O) groups is 2. The molecule has 4 rings (SSSR count). The first kappa shape index (κ1) is 56.1. The van der Waals surface area contributed by atoms with Gasteiger partial charge in [0.15, 0.2) is 0 Å². The monoisotopic (exact) mass is 924 g/mol.